The Balaban J connectivity index is 1.45. The van der Waals surface area contributed by atoms with Gasteiger partial charge >= 0.3 is 0 Å². The number of benzene rings is 2. The topological polar surface area (TPSA) is 16.1 Å². The van der Waals surface area contributed by atoms with Gasteiger partial charge in [0.1, 0.15) is 0 Å². The number of hydrogen-bond donors (Lipinski definition) is 0. The van der Waals surface area contributed by atoms with E-state index in [4.69, 9.17) is 28.2 Å². The fourth-order valence-corrected chi connectivity index (χ4v) is 7.47. The second-order valence-corrected chi connectivity index (χ2v) is 11.4. The zero-order valence-electron chi connectivity index (χ0n) is 16.5. The van der Waals surface area contributed by atoms with Crippen LogP contribution in [0, 0.1) is 0 Å². The van der Waals surface area contributed by atoms with E-state index in [1.807, 2.05) is 12.1 Å². The summed E-state index contributed by atoms with van der Waals surface area (Å²) in [5.41, 5.74) is 5.39. The summed E-state index contributed by atoms with van der Waals surface area (Å²) in [6, 6.07) is 11.3. The van der Waals surface area contributed by atoms with Crippen LogP contribution in [0.2, 0.25) is 10.0 Å². The van der Waals surface area contributed by atoms with E-state index >= 15 is 0 Å². The van der Waals surface area contributed by atoms with Crippen molar-refractivity contribution in [2.24, 2.45) is 0 Å². The van der Waals surface area contributed by atoms with Gasteiger partial charge in [0.25, 0.3) is 0 Å². The predicted molar refractivity (Wildman–Crippen MR) is 126 cm³/mol. The number of fused-ring (bicyclic) bond motifs is 4. The molecule has 2 aliphatic rings. The molecular weight excluding hydrogens is 439 g/mol. The summed E-state index contributed by atoms with van der Waals surface area (Å²) in [6.07, 6.45) is 4.56. The third-order valence-electron chi connectivity index (χ3n) is 6.63. The summed E-state index contributed by atoms with van der Waals surface area (Å²) in [5, 5.41) is 1.13. The Morgan fingerprint density at radius 1 is 1.21 bits per heavy atom. The SMILES string of the molecule is C=C1CC[C@]2(C)c3ccc(Sc4nc5cc(Cl)c(Cl)cc5s4)cc3CCC2N1C. The first kappa shape index (κ1) is 19.7. The third-order valence-corrected chi connectivity index (χ3v) is 9.42. The smallest absolute Gasteiger partial charge is 0.155 e. The number of likely N-dealkylation sites (N-methyl/N-ethyl adjacent to an activating group) is 1. The van der Waals surface area contributed by atoms with Crippen molar-refractivity contribution in [3.8, 4) is 0 Å². The summed E-state index contributed by atoms with van der Waals surface area (Å²) in [6.45, 7) is 6.70. The van der Waals surface area contributed by atoms with E-state index in [2.05, 4.69) is 43.6 Å². The normalized spacial score (nSPS) is 23.9. The second kappa shape index (κ2) is 7.19. The van der Waals surface area contributed by atoms with Crippen molar-refractivity contribution in [2.75, 3.05) is 7.05 Å². The van der Waals surface area contributed by atoms with Crippen LogP contribution in [0.4, 0.5) is 0 Å². The fraction of sp³-hybridized carbons (Fsp3) is 0.348. The highest BCUT2D eigenvalue weighted by atomic mass is 35.5. The summed E-state index contributed by atoms with van der Waals surface area (Å²) in [7, 11) is 2.21. The van der Waals surface area contributed by atoms with Crippen molar-refractivity contribution >= 4 is 56.5 Å². The Morgan fingerprint density at radius 2 is 2.00 bits per heavy atom. The number of hydrogen-bond acceptors (Lipinski definition) is 4. The monoisotopic (exact) mass is 460 g/mol. The van der Waals surface area contributed by atoms with Crippen LogP contribution in [0.25, 0.3) is 10.2 Å². The molecular formula is C23H22Cl2N2S2. The molecule has 2 atom stereocenters. The molecule has 6 heteroatoms. The van der Waals surface area contributed by atoms with Crippen molar-refractivity contribution in [1.29, 1.82) is 0 Å². The molecule has 1 aliphatic carbocycles. The lowest BCUT2D eigenvalue weighted by Crippen LogP contribution is -2.53. The molecule has 0 spiro atoms. The van der Waals surface area contributed by atoms with Gasteiger partial charge in [-0.15, -0.1) is 11.3 Å². The Labute approximate surface area is 189 Å². The van der Waals surface area contributed by atoms with Crippen LogP contribution in [0.3, 0.4) is 0 Å². The molecule has 5 rings (SSSR count). The van der Waals surface area contributed by atoms with Crippen LogP contribution in [0.5, 0.6) is 0 Å². The van der Waals surface area contributed by atoms with Gasteiger partial charge in [0.15, 0.2) is 4.34 Å². The van der Waals surface area contributed by atoms with E-state index in [0.29, 0.717) is 16.1 Å². The Bertz CT molecular complexity index is 1100. The van der Waals surface area contributed by atoms with Crippen LogP contribution >= 0.6 is 46.3 Å². The molecule has 29 heavy (non-hydrogen) atoms. The van der Waals surface area contributed by atoms with Gasteiger partial charge in [-0.1, -0.05) is 54.5 Å². The molecule has 0 N–H and O–H groups in total. The highest BCUT2D eigenvalue weighted by Gasteiger charge is 2.45. The largest absolute Gasteiger partial charge is 0.374 e. The number of rotatable bonds is 2. The van der Waals surface area contributed by atoms with E-state index in [1.54, 1.807) is 23.1 Å². The van der Waals surface area contributed by atoms with Crippen LogP contribution < -0.4 is 0 Å². The highest BCUT2D eigenvalue weighted by molar-refractivity contribution is 8.01. The second-order valence-electron chi connectivity index (χ2n) is 8.28. The van der Waals surface area contributed by atoms with Gasteiger partial charge < -0.3 is 4.90 Å². The van der Waals surface area contributed by atoms with Crippen molar-refractivity contribution in [2.45, 2.75) is 53.3 Å². The van der Waals surface area contributed by atoms with E-state index in [1.165, 1.54) is 34.6 Å². The molecule has 0 saturated carbocycles. The van der Waals surface area contributed by atoms with Crippen molar-refractivity contribution in [1.82, 2.24) is 9.88 Å². The summed E-state index contributed by atoms with van der Waals surface area (Å²) >= 11 is 15.7. The number of halogens is 2. The molecule has 1 aliphatic heterocycles. The number of aromatic nitrogens is 1. The maximum atomic E-state index is 6.16. The molecule has 0 bridgehead atoms. The number of aryl methyl sites for hydroxylation is 1. The minimum Gasteiger partial charge on any atom is -0.374 e. The molecule has 1 saturated heterocycles. The third kappa shape index (κ3) is 3.29. The first-order valence-electron chi connectivity index (χ1n) is 9.82. The highest BCUT2D eigenvalue weighted by Crippen LogP contribution is 2.48. The van der Waals surface area contributed by atoms with Crippen molar-refractivity contribution in [3.05, 3.63) is 63.8 Å². The van der Waals surface area contributed by atoms with Gasteiger partial charge in [-0.05, 0) is 61.1 Å². The lowest BCUT2D eigenvalue weighted by molar-refractivity contribution is 0.123. The van der Waals surface area contributed by atoms with Gasteiger partial charge in [0.2, 0.25) is 0 Å². The standard InChI is InChI=1S/C23H22Cl2N2S2/c1-13-8-9-23(2)16-6-5-15(10-14(16)4-7-21(23)27(13)3)28-22-26-19-11-17(24)18(25)12-20(19)29-22/h5-6,10-12,21H,1,4,7-9H2,2-3H3/t21?,23-/m1/s1. The zero-order valence-corrected chi connectivity index (χ0v) is 19.6. The minimum absolute atomic E-state index is 0.204. The van der Waals surface area contributed by atoms with Crippen LogP contribution in [0.1, 0.15) is 37.3 Å². The summed E-state index contributed by atoms with van der Waals surface area (Å²) < 4.78 is 2.09. The number of piperidine rings is 1. The van der Waals surface area contributed by atoms with Gasteiger partial charge in [-0.3, -0.25) is 0 Å². The van der Waals surface area contributed by atoms with E-state index in [0.717, 1.165) is 27.4 Å². The maximum Gasteiger partial charge on any atom is 0.155 e. The number of thiazole rings is 1. The zero-order chi connectivity index (χ0) is 20.3. The van der Waals surface area contributed by atoms with Crippen LogP contribution in [0.15, 0.2) is 51.8 Å². The molecule has 2 aromatic carbocycles. The maximum absolute atomic E-state index is 6.16. The molecule has 2 nitrogen and oxygen atoms in total. The average Bonchev–Trinajstić information content (AvgIpc) is 3.06. The Hall–Kier alpha value is -1.20. The summed E-state index contributed by atoms with van der Waals surface area (Å²) in [4.78, 5) is 8.41. The molecule has 2 heterocycles. The molecule has 0 radical (unpaired) electrons. The van der Waals surface area contributed by atoms with E-state index < -0.39 is 0 Å². The molecule has 1 fully saturated rings. The van der Waals surface area contributed by atoms with Crippen LogP contribution in [-0.2, 0) is 11.8 Å². The molecule has 150 valence electrons. The Kier molecular flexibility index (Phi) is 4.90. The van der Waals surface area contributed by atoms with E-state index in [-0.39, 0.29) is 5.41 Å². The number of nitrogens with zero attached hydrogens (tertiary/aromatic N) is 2. The van der Waals surface area contributed by atoms with Gasteiger partial charge in [-0.2, -0.15) is 0 Å². The lowest BCUT2D eigenvalue weighted by Gasteiger charge is -2.52. The molecule has 1 aromatic heterocycles. The van der Waals surface area contributed by atoms with Gasteiger partial charge in [0, 0.05) is 29.1 Å². The Morgan fingerprint density at radius 3 is 2.83 bits per heavy atom. The van der Waals surface area contributed by atoms with E-state index in [9.17, 15) is 0 Å². The minimum atomic E-state index is 0.204. The molecule has 3 aromatic rings. The van der Waals surface area contributed by atoms with Crippen LogP contribution in [-0.4, -0.2) is 23.0 Å². The van der Waals surface area contributed by atoms with Gasteiger partial charge in [0.05, 0.1) is 20.3 Å². The fourth-order valence-electron chi connectivity index (χ4n) is 4.96. The first-order valence-corrected chi connectivity index (χ1v) is 12.2. The predicted octanol–water partition coefficient (Wildman–Crippen LogP) is 7.57. The molecule has 0 amide bonds. The average molecular weight is 461 g/mol. The van der Waals surface area contributed by atoms with Crippen molar-refractivity contribution < 1.29 is 0 Å². The first-order chi connectivity index (χ1) is 13.8. The lowest BCUT2D eigenvalue weighted by atomic mass is 9.63. The number of allylic oxidation sites excluding steroid dienone is 1. The van der Waals surface area contributed by atoms with Crippen molar-refractivity contribution in [3.63, 3.8) is 0 Å². The number of likely N-dealkylation sites (tertiary alicyclic amines) is 1. The van der Waals surface area contributed by atoms with Gasteiger partial charge in [-0.25, -0.2) is 4.98 Å². The molecule has 1 unspecified atom stereocenters. The quantitative estimate of drug-likeness (QED) is 0.392. The summed E-state index contributed by atoms with van der Waals surface area (Å²) in [5.74, 6) is 0.